The van der Waals surface area contributed by atoms with Crippen molar-refractivity contribution in [2.24, 2.45) is 5.92 Å². The minimum Gasteiger partial charge on any atom is -0.462 e. The molecule has 0 rings (SSSR count). The molecule has 468 valence electrons. The van der Waals surface area contributed by atoms with Crippen LogP contribution in [-0.4, -0.2) is 96.7 Å². The maximum atomic E-state index is 12.9. The van der Waals surface area contributed by atoms with Crippen molar-refractivity contribution >= 4 is 39.5 Å². The largest absolute Gasteiger partial charge is 0.472 e. The highest BCUT2D eigenvalue weighted by Gasteiger charge is 2.30. The lowest BCUT2D eigenvalue weighted by atomic mass is 10.00. The van der Waals surface area contributed by atoms with Gasteiger partial charge in [0.15, 0.2) is 12.2 Å². The van der Waals surface area contributed by atoms with Gasteiger partial charge in [-0.1, -0.05) is 247 Å². The van der Waals surface area contributed by atoms with Gasteiger partial charge < -0.3 is 33.8 Å². The number of carbonyl (C=O) groups excluding carboxylic acids is 4. The van der Waals surface area contributed by atoms with E-state index in [9.17, 15) is 43.2 Å². The normalized spacial score (nSPS) is 14.7. The van der Waals surface area contributed by atoms with Gasteiger partial charge in [0.2, 0.25) is 0 Å². The Morgan fingerprint density at radius 3 is 0.899 bits per heavy atom. The zero-order valence-corrected chi connectivity index (χ0v) is 52.3. The number of phosphoric acid groups is 2. The van der Waals surface area contributed by atoms with Crippen LogP contribution in [0.2, 0.25) is 0 Å². The highest BCUT2D eigenvalue weighted by molar-refractivity contribution is 7.47. The molecule has 0 heterocycles. The molecule has 0 spiro atoms. The fourth-order valence-electron chi connectivity index (χ4n) is 8.84. The van der Waals surface area contributed by atoms with E-state index in [1.807, 2.05) is 0 Å². The number of unbranched alkanes of at least 4 members (excludes halogenated alkanes) is 31. The number of aliphatic hydroxyl groups is 1. The van der Waals surface area contributed by atoms with E-state index in [1.165, 1.54) is 109 Å². The third-order valence-corrected chi connectivity index (χ3v) is 16.0. The molecule has 6 atom stereocenters. The van der Waals surface area contributed by atoms with Crippen molar-refractivity contribution in [3.05, 3.63) is 0 Å². The molecule has 0 amide bonds. The van der Waals surface area contributed by atoms with Gasteiger partial charge in [-0.25, -0.2) is 9.13 Å². The molecule has 19 heteroatoms. The first-order chi connectivity index (χ1) is 38.1. The highest BCUT2D eigenvalue weighted by Crippen LogP contribution is 2.45. The van der Waals surface area contributed by atoms with Crippen LogP contribution < -0.4 is 0 Å². The van der Waals surface area contributed by atoms with Gasteiger partial charge in [0.1, 0.15) is 19.3 Å². The van der Waals surface area contributed by atoms with E-state index in [4.69, 9.17) is 37.0 Å². The second kappa shape index (κ2) is 54.0. The molecule has 0 aromatic carbocycles. The molecule has 0 aromatic rings. The van der Waals surface area contributed by atoms with Crippen molar-refractivity contribution in [1.29, 1.82) is 0 Å². The van der Waals surface area contributed by atoms with Crippen LogP contribution in [0.1, 0.15) is 298 Å². The second-order valence-electron chi connectivity index (χ2n) is 22.0. The molecule has 3 unspecified atom stereocenters. The van der Waals surface area contributed by atoms with Crippen molar-refractivity contribution in [2.75, 3.05) is 39.6 Å². The molecule has 0 aliphatic rings. The Morgan fingerprint density at radius 1 is 0.354 bits per heavy atom. The number of hydrogen-bond donors (Lipinski definition) is 3. The van der Waals surface area contributed by atoms with E-state index in [-0.39, 0.29) is 25.7 Å². The summed E-state index contributed by atoms with van der Waals surface area (Å²) < 4.78 is 67.7. The molecule has 0 aromatic heterocycles. The number of rotatable bonds is 60. The molecule has 0 bridgehead atoms. The van der Waals surface area contributed by atoms with Crippen molar-refractivity contribution in [3.8, 4) is 0 Å². The fraction of sp³-hybridized carbons (Fsp3) is 0.933. The summed E-state index contributed by atoms with van der Waals surface area (Å²) in [6.07, 6.45) is 36.2. The molecule has 79 heavy (non-hydrogen) atoms. The maximum Gasteiger partial charge on any atom is 0.472 e. The summed E-state index contributed by atoms with van der Waals surface area (Å²) in [5.41, 5.74) is 0. The molecular weight excluding hydrogens is 1050 g/mol. The van der Waals surface area contributed by atoms with Gasteiger partial charge in [0, 0.05) is 25.7 Å². The molecule has 3 N–H and O–H groups in total. The molecular formula is C60H116O17P2. The Kier molecular flexibility index (Phi) is 52.7. The molecule has 0 saturated carbocycles. The average molecular weight is 1170 g/mol. The lowest BCUT2D eigenvalue weighted by Crippen LogP contribution is -2.30. The number of phosphoric ester groups is 2. The van der Waals surface area contributed by atoms with Gasteiger partial charge in [0.05, 0.1) is 26.4 Å². The van der Waals surface area contributed by atoms with Crippen molar-refractivity contribution in [1.82, 2.24) is 0 Å². The summed E-state index contributed by atoms with van der Waals surface area (Å²) in [5.74, 6) is -1.42. The lowest BCUT2D eigenvalue weighted by Gasteiger charge is -2.21. The van der Waals surface area contributed by atoms with Crippen LogP contribution in [-0.2, 0) is 65.4 Å². The van der Waals surface area contributed by atoms with Crippen LogP contribution in [0.15, 0.2) is 0 Å². The summed E-state index contributed by atoms with van der Waals surface area (Å²) in [7, 11) is -9.87. The number of ether oxygens (including phenoxy) is 4. The molecule has 0 radical (unpaired) electrons. The molecule has 17 nitrogen and oxygen atoms in total. The maximum absolute atomic E-state index is 12.9. The number of esters is 4. The van der Waals surface area contributed by atoms with Gasteiger partial charge in [-0.2, -0.15) is 0 Å². The predicted molar refractivity (Wildman–Crippen MR) is 312 cm³/mol. The van der Waals surface area contributed by atoms with Crippen LogP contribution in [0.3, 0.4) is 0 Å². The standard InChI is InChI=1S/C60H116O17P2/c1-6-10-13-16-19-21-23-25-28-34-39-44-58(63)71-50-55(76-59(64)45-40-35-29-26-24-22-20-17-14-11-7-2)51-74-78(66,67)72-47-54(61)48-73-79(68,69)75-52-56(49-70-57(62)43-38-33-27-18-15-12-8-3)77-60(65)46-41-36-31-30-32-37-42-53(5)9-4/h53-56,61H,6-52H2,1-5H3,(H,66,67)(H,68,69)/t53?,54-,55-,56-/m1/s1. The molecule has 0 aliphatic heterocycles. The number of aliphatic hydroxyl groups excluding tert-OH is 1. The van der Waals surface area contributed by atoms with Crippen molar-refractivity contribution in [3.63, 3.8) is 0 Å². The Bertz CT molecular complexity index is 1550. The van der Waals surface area contributed by atoms with Gasteiger partial charge in [-0.05, 0) is 31.6 Å². The average Bonchev–Trinajstić information content (AvgIpc) is 3.42. The quantitative estimate of drug-likeness (QED) is 0.0222. The summed E-state index contributed by atoms with van der Waals surface area (Å²) in [6.45, 7) is 7.07. The molecule has 0 fully saturated rings. The van der Waals surface area contributed by atoms with Crippen molar-refractivity contribution < 1.29 is 80.2 Å². The van der Waals surface area contributed by atoms with E-state index in [2.05, 4.69) is 34.6 Å². The summed E-state index contributed by atoms with van der Waals surface area (Å²) >= 11 is 0. The van der Waals surface area contributed by atoms with Crippen LogP contribution in [0.5, 0.6) is 0 Å². The van der Waals surface area contributed by atoms with Gasteiger partial charge >= 0.3 is 39.5 Å². The lowest BCUT2D eigenvalue weighted by molar-refractivity contribution is -0.161. The number of hydrogen-bond acceptors (Lipinski definition) is 15. The second-order valence-corrected chi connectivity index (χ2v) is 24.9. The van der Waals surface area contributed by atoms with E-state index >= 15 is 0 Å². The van der Waals surface area contributed by atoms with Crippen LogP contribution in [0, 0.1) is 5.92 Å². The van der Waals surface area contributed by atoms with E-state index in [0.29, 0.717) is 25.7 Å². The first kappa shape index (κ1) is 77.1. The summed E-state index contributed by atoms with van der Waals surface area (Å²) in [4.78, 5) is 71.9. The first-order valence-corrected chi connectivity index (χ1v) is 34.7. The predicted octanol–water partition coefficient (Wildman–Crippen LogP) is 16.2. The van der Waals surface area contributed by atoms with Gasteiger partial charge in [-0.15, -0.1) is 0 Å². The Morgan fingerprint density at radius 2 is 0.608 bits per heavy atom. The summed E-state index contributed by atoms with van der Waals surface area (Å²) in [5, 5.41) is 10.5. The smallest absolute Gasteiger partial charge is 0.462 e. The van der Waals surface area contributed by atoms with Crippen LogP contribution in [0.4, 0.5) is 0 Å². The zero-order chi connectivity index (χ0) is 58.5. The van der Waals surface area contributed by atoms with E-state index < -0.39 is 97.5 Å². The van der Waals surface area contributed by atoms with Gasteiger partial charge in [-0.3, -0.25) is 37.3 Å². The van der Waals surface area contributed by atoms with Crippen molar-refractivity contribution in [2.45, 2.75) is 316 Å². The Hall–Kier alpha value is -1.94. The SMILES string of the molecule is CCCCCCCCCCCCCC(=O)OC[C@H](COP(=O)(O)OC[C@@H](O)COP(=O)(O)OC[C@@H](COC(=O)CCCCCCCCC)OC(=O)CCCCCCCCC(C)CC)OC(=O)CCCCCCCCCCCCC. The monoisotopic (exact) mass is 1170 g/mol. The van der Waals surface area contributed by atoms with Crippen LogP contribution >= 0.6 is 15.6 Å². The minimum atomic E-state index is -4.94. The number of carbonyl (C=O) groups is 4. The minimum absolute atomic E-state index is 0.103. The molecule has 0 saturated heterocycles. The topological polar surface area (TPSA) is 237 Å². The highest BCUT2D eigenvalue weighted by atomic mass is 31.2. The third kappa shape index (κ3) is 53.8. The summed E-state index contributed by atoms with van der Waals surface area (Å²) in [6, 6.07) is 0. The molecule has 0 aliphatic carbocycles. The Labute approximate surface area is 479 Å². The van der Waals surface area contributed by atoms with Gasteiger partial charge in [0.25, 0.3) is 0 Å². The fourth-order valence-corrected chi connectivity index (χ4v) is 10.4. The first-order valence-electron chi connectivity index (χ1n) is 31.7. The zero-order valence-electron chi connectivity index (χ0n) is 50.5. The van der Waals surface area contributed by atoms with E-state index in [0.717, 1.165) is 109 Å². The van der Waals surface area contributed by atoms with Crippen LogP contribution in [0.25, 0.3) is 0 Å². The third-order valence-electron chi connectivity index (χ3n) is 14.1. The van der Waals surface area contributed by atoms with E-state index in [1.54, 1.807) is 0 Å². The Balaban J connectivity index is 5.22.